The van der Waals surface area contributed by atoms with Crippen LogP contribution in [0.2, 0.25) is 0 Å². The van der Waals surface area contributed by atoms with Gasteiger partial charge in [0, 0.05) is 16.1 Å². The highest BCUT2D eigenvalue weighted by Crippen LogP contribution is 2.12. The van der Waals surface area contributed by atoms with Gasteiger partial charge in [-0.3, -0.25) is 0 Å². The number of benzene rings is 1. The number of hydrogen-bond acceptors (Lipinski definition) is 0. The minimum absolute atomic E-state index is 0.633. The van der Waals surface area contributed by atoms with Crippen molar-refractivity contribution in [2.75, 3.05) is 0 Å². The monoisotopic (exact) mass is 184 g/mol. The summed E-state index contributed by atoms with van der Waals surface area (Å²) in [6.07, 6.45) is 0. The molecule has 0 saturated carbocycles. The fraction of sp³-hybridized carbons (Fsp3) is 0.333. The van der Waals surface area contributed by atoms with E-state index in [1.165, 1.54) is 21.9 Å². The second kappa shape index (κ2) is 3.42. The average molecular weight is 185 g/mol. The predicted molar refractivity (Wildman–Crippen MR) is 55.0 cm³/mol. The summed E-state index contributed by atoms with van der Waals surface area (Å²) in [4.78, 5) is 0. The zero-order valence-corrected chi connectivity index (χ0v) is 10.00. The molecule has 11 heavy (non-hydrogen) atoms. The topological polar surface area (TPSA) is 0 Å². The molecule has 0 unspecified atom stereocenters. The Morgan fingerprint density at radius 2 is 1.91 bits per heavy atom. The largest absolute Gasteiger partial charge is 0.122 e. The molecule has 1 aromatic rings. The summed E-state index contributed by atoms with van der Waals surface area (Å²) in [7, 11) is 1.13. The van der Waals surface area contributed by atoms with Crippen molar-refractivity contribution < 1.29 is 0 Å². The molecule has 0 aromatic heterocycles. The van der Waals surface area contributed by atoms with E-state index < -0.39 is 0 Å². The summed E-state index contributed by atoms with van der Waals surface area (Å²) in [5.74, 6) is 0.633. The van der Waals surface area contributed by atoms with E-state index in [0.29, 0.717) is 5.88 Å². The van der Waals surface area contributed by atoms with Crippen molar-refractivity contribution in [3.63, 3.8) is 0 Å². The number of hydrogen-bond donors (Lipinski definition) is 0. The summed E-state index contributed by atoms with van der Waals surface area (Å²) in [5.41, 5.74) is 4.06. The van der Waals surface area contributed by atoms with Gasteiger partial charge in [0.15, 0.2) is 0 Å². The SMILES string of the molecule is Cc1c([SiH3])ccc(CCl)c1C. The molecule has 0 bridgehead atoms. The van der Waals surface area contributed by atoms with E-state index in [4.69, 9.17) is 11.6 Å². The lowest BCUT2D eigenvalue weighted by Crippen LogP contribution is -2.09. The van der Waals surface area contributed by atoms with Gasteiger partial charge in [0.05, 0.1) is 0 Å². The Kier molecular flexibility index (Phi) is 2.74. The molecule has 2 heteroatoms. The van der Waals surface area contributed by atoms with Gasteiger partial charge in [-0.25, -0.2) is 0 Å². The second-order valence-corrected chi connectivity index (χ2v) is 4.27. The highest BCUT2D eigenvalue weighted by molar-refractivity contribution is 6.33. The van der Waals surface area contributed by atoms with Gasteiger partial charge in [-0.1, -0.05) is 17.3 Å². The molecule has 0 aliphatic rings. The molecule has 60 valence electrons. The third kappa shape index (κ3) is 1.66. The lowest BCUT2D eigenvalue weighted by molar-refractivity contribution is 1.26. The van der Waals surface area contributed by atoms with Gasteiger partial charge in [0.1, 0.15) is 0 Å². The minimum atomic E-state index is 0.633. The van der Waals surface area contributed by atoms with Gasteiger partial charge < -0.3 is 0 Å². The Balaban J connectivity index is 3.25. The normalized spacial score (nSPS) is 10.5. The van der Waals surface area contributed by atoms with E-state index in [9.17, 15) is 0 Å². The van der Waals surface area contributed by atoms with Crippen LogP contribution in [0.3, 0.4) is 0 Å². The molecule has 0 N–H and O–H groups in total. The van der Waals surface area contributed by atoms with Crippen LogP contribution in [0.4, 0.5) is 0 Å². The number of alkyl halides is 1. The van der Waals surface area contributed by atoms with Gasteiger partial charge in [0.25, 0.3) is 0 Å². The molecule has 0 aliphatic carbocycles. The van der Waals surface area contributed by atoms with Crippen LogP contribution in [0.5, 0.6) is 0 Å². The minimum Gasteiger partial charge on any atom is -0.122 e. The molecule has 0 amide bonds. The first-order chi connectivity index (χ1) is 5.16. The van der Waals surface area contributed by atoms with Gasteiger partial charge in [-0.15, -0.1) is 11.6 Å². The Labute approximate surface area is 76.0 Å². The summed E-state index contributed by atoms with van der Waals surface area (Å²) in [6.45, 7) is 4.32. The van der Waals surface area contributed by atoms with Crippen molar-refractivity contribution in [1.82, 2.24) is 0 Å². The van der Waals surface area contributed by atoms with Crippen LogP contribution < -0.4 is 5.19 Å². The van der Waals surface area contributed by atoms with E-state index in [0.717, 1.165) is 10.2 Å². The van der Waals surface area contributed by atoms with E-state index in [1.807, 2.05) is 0 Å². The Morgan fingerprint density at radius 1 is 1.27 bits per heavy atom. The molecule has 0 radical (unpaired) electrons. The van der Waals surface area contributed by atoms with Crippen LogP contribution in [-0.2, 0) is 5.88 Å². The highest BCUT2D eigenvalue weighted by atomic mass is 35.5. The second-order valence-electron chi connectivity index (χ2n) is 2.93. The maximum absolute atomic E-state index is 5.77. The van der Waals surface area contributed by atoms with Gasteiger partial charge in [-0.05, 0) is 30.5 Å². The summed E-state index contributed by atoms with van der Waals surface area (Å²) >= 11 is 5.77. The summed E-state index contributed by atoms with van der Waals surface area (Å²) < 4.78 is 0. The van der Waals surface area contributed by atoms with Crippen molar-refractivity contribution in [3.05, 3.63) is 28.8 Å². The van der Waals surface area contributed by atoms with E-state index >= 15 is 0 Å². The average Bonchev–Trinajstić information content (AvgIpc) is 2.01. The lowest BCUT2D eigenvalue weighted by Gasteiger charge is -2.08. The standard InChI is InChI=1S/C9H13ClSi/c1-6-7(2)9(11)4-3-8(6)5-10/h3-4H,5H2,1-2,11H3. The van der Waals surface area contributed by atoms with Crippen LogP contribution in [0, 0.1) is 13.8 Å². The van der Waals surface area contributed by atoms with Crippen LogP contribution in [0.15, 0.2) is 12.1 Å². The number of rotatable bonds is 1. The van der Waals surface area contributed by atoms with Crippen molar-refractivity contribution in [3.8, 4) is 0 Å². The fourth-order valence-corrected chi connectivity index (χ4v) is 1.99. The first-order valence-electron chi connectivity index (χ1n) is 3.78. The Hall–Kier alpha value is -0.273. The zero-order chi connectivity index (χ0) is 8.43. The maximum atomic E-state index is 5.77. The van der Waals surface area contributed by atoms with Crippen LogP contribution in [-0.4, -0.2) is 10.2 Å². The summed E-state index contributed by atoms with van der Waals surface area (Å²) in [6, 6.07) is 4.32. The summed E-state index contributed by atoms with van der Waals surface area (Å²) in [5, 5.41) is 1.48. The number of halogens is 1. The molecule has 0 saturated heterocycles. The Bertz CT molecular complexity index is 269. The molecule has 0 spiro atoms. The molecule has 0 heterocycles. The third-order valence-electron chi connectivity index (χ3n) is 2.31. The maximum Gasteiger partial charge on any atom is 0.0476 e. The smallest absolute Gasteiger partial charge is 0.0476 e. The van der Waals surface area contributed by atoms with E-state index in [1.54, 1.807) is 0 Å². The van der Waals surface area contributed by atoms with Crippen molar-refractivity contribution in [1.29, 1.82) is 0 Å². The molecule has 0 fully saturated rings. The van der Waals surface area contributed by atoms with Crippen LogP contribution in [0.25, 0.3) is 0 Å². The molecule has 1 rings (SSSR count). The lowest BCUT2D eigenvalue weighted by atomic mass is 10.0. The zero-order valence-electron chi connectivity index (χ0n) is 7.24. The molecule has 0 atom stereocenters. The molecule has 1 aromatic carbocycles. The molecular weight excluding hydrogens is 172 g/mol. The fourth-order valence-electron chi connectivity index (χ4n) is 1.16. The van der Waals surface area contributed by atoms with Crippen LogP contribution in [0.1, 0.15) is 16.7 Å². The molecule has 0 aliphatic heterocycles. The van der Waals surface area contributed by atoms with Crippen molar-refractivity contribution >= 4 is 27.0 Å². The van der Waals surface area contributed by atoms with Gasteiger partial charge >= 0.3 is 0 Å². The predicted octanol–water partition coefficient (Wildman–Crippen LogP) is 1.03. The van der Waals surface area contributed by atoms with Gasteiger partial charge in [-0.2, -0.15) is 0 Å². The third-order valence-corrected chi connectivity index (χ3v) is 3.69. The first-order valence-corrected chi connectivity index (χ1v) is 5.32. The quantitative estimate of drug-likeness (QED) is 0.452. The molecular formula is C9H13ClSi. The van der Waals surface area contributed by atoms with Crippen molar-refractivity contribution in [2.24, 2.45) is 0 Å². The van der Waals surface area contributed by atoms with Crippen LogP contribution >= 0.6 is 11.6 Å². The molecule has 0 nitrogen and oxygen atoms in total. The van der Waals surface area contributed by atoms with Crippen molar-refractivity contribution in [2.45, 2.75) is 19.7 Å². The highest BCUT2D eigenvalue weighted by Gasteiger charge is 2.00. The van der Waals surface area contributed by atoms with Gasteiger partial charge in [0.2, 0.25) is 0 Å². The first kappa shape index (κ1) is 8.82. The van der Waals surface area contributed by atoms with E-state index in [-0.39, 0.29) is 0 Å². The Morgan fingerprint density at radius 3 is 2.45 bits per heavy atom. The van der Waals surface area contributed by atoms with E-state index in [2.05, 4.69) is 26.0 Å².